The van der Waals surface area contributed by atoms with Gasteiger partial charge in [0.2, 0.25) is 0 Å². The molecule has 1 rings (SSSR count). The Morgan fingerprint density at radius 2 is 1.25 bits per heavy atom. The molecule has 0 aliphatic rings. The van der Waals surface area contributed by atoms with Gasteiger partial charge in [-0.15, -0.1) is 0 Å². The summed E-state index contributed by atoms with van der Waals surface area (Å²) >= 11 is 0. The summed E-state index contributed by atoms with van der Waals surface area (Å²) in [6.07, 6.45) is -5.63. The summed E-state index contributed by atoms with van der Waals surface area (Å²) in [5, 5.41) is 0. The van der Waals surface area contributed by atoms with Crippen LogP contribution < -0.4 is 0 Å². The summed E-state index contributed by atoms with van der Waals surface area (Å²) in [6.45, 7) is -0.167. The Bertz CT molecular complexity index is 351. The lowest BCUT2D eigenvalue weighted by Gasteiger charge is -2.32. The highest BCUT2D eigenvalue weighted by Gasteiger charge is 2.68. The average Bonchev–Trinajstić information content (AvgIpc) is 2.17. The Kier molecular flexibility index (Phi) is 2.96. The lowest BCUT2D eigenvalue weighted by molar-refractivity contribution is -0.299. The lowest BCUT2D eigenvalue weighted by atomic mass is 9.93. The zero-order chi connectivity index (χ0) is 12.6. The molecule has 6 heteroatoms. The van der Waals surface area contributed by atoms with Crippen molar-refractivity contribution in [1.29, 1.82) is 0 Å². The van der Waals surface area contributed by atoms with Crippen LogP contribution in [-0.2, 0) is 5.92 Å². The minimum absolute atomic E-state index is 0.167. The van der Waals surface area contributed by atoms with Gasteiger partial charge in [-0.25, -0.2) is 4.39 Å². The lowest BCUT2D eigenvalue weighted by Crippen LogP contribution is -2.51. The molecular formula is C10H8F6. The Labute approximate surface area is 87.9 Å². The molecule has 0 fully saturated rings. The van der Waals surface area contributed by atoms with Gasteiger partial charge in [0.25, 0.3) is 5.67 Å². The van der Waals surface area contributed by atoms with Gasteiger partial charge in [-0.05, 0) is 6.92 Å². The molecule has 1 aromatic carbocycles. The molecule has 1 unspecified atom stereocenters. The molecule has 0 nitrogen and oxygen atoms in total. The standard InChI is InChI=1S/C10H8F6/c1-8(11,10(14,15)16)9(12,13)7-5-3-2-4-6-7/h2-6H,1H3. The van der Waals surface area contributed by atoms with E-state index in [-0.39, 0.29) is 6.92 Å². The maximum absolute atomic E-state index is 13.3. The Balaban J connectivity index is 3.22. The average molecular weight is 242 g/mol. The van der Waals surface area contributed by atoms with Crippen LogP contribution in [0.2, 0.25) is 0 Å². The van der Waals surface area contributed by atoms with Crippen molar-refractivity contribution in [2.75, 3.05) is 0 Å². The van der Waals surface area contributed by atoms with Gasteiger partial charge in [0.1, 0.15) is 0 Å². The Morgan fingerprint density at radius 3 is 1.62 bits per heavy atom. The third-order valence-corrected chi connectivity index (χ3v) is 2.26. The van der Waals surface area contributed by atoms with Gasteiger partial charge >= 0.3 is 12.1 Å². The monoisotopic (exact) mass is 242 g/mol. The van der Waals surface area contributed by atoms with Gasteiger partial charge in [0.05, 0.1) is 0 Å². The van der Waals surface area contributed by atoms with Gasteiger partial charge in [-0.1, -0.05) is 30.3 Å². The Morgan fingerprint density at radius 1 is 0.812 bits per heavy atom. The van der Waals surface area contributed by atoms with E-state index in [2.05, 4.69) is 0 Å². The van der Waals surface area contributed by atoms with Gasteiger partial charge in [0.15, 0.2) is 0 Å². The van der Waals surface area contributed by atoms with E-state index in [0.29, 0.717) is 0 Å². The molecule has 0 spiro atoms. The second kappa shape index (κ2) is 3.68. The van der Waals surface area contributed by atoms with Crippen molar-refractivity contribution in [3.8, 4) is 0 Å². The summed E-state index contributed by atoms with van der Waals surface area (Å²) in [6, 6.07) is 5.10. The molecule has 0 saturated heterocycles. The van der Waals surface area contributed by atoms with Gasteiger partial charge in [-0.2, -0.15) is 22.0 Å². The van der Waals surface area contributed by atoms with Crippen LogP contribution in [0.4, 0.5) is 26.3 Å². The smallest absolute Gasteiger partial charge is 0.227 e. The predicted octanol–water partition coefficient (Wildman–Crippen LogP) is 4.07. The number of benzene rings is 1. The molecule has 16 heavy (non-hydrogen) atoms. The molecule has 0 heterocycles. The van der Waals surface area contributed by atoms with Crippen LogP contribution in [0.3, 0.4) is 0 Å². The third-order valence-electron chi connectivity index (χ3n) is 2.26. The second-order valence-corrected chi connectivity index (χ2v) is 3.44. The fourth-order valence-corrected chi connectivity index (χ4v) is 1.10. The van der Waals surface area contributed by atoms with E-state index in [1.807, 2.05) is 0 Å². The van der Waals surface area contributed by atoms with E-state index in [1.54, 1.807) is 0 Å². The number of hydrogen-bond donors (Lipinski definition) is 0. The van der Waals surface area contributed by atoms with Crippen molar-refractivity contribution < 1.29 is 26.3 Å². The fourth-order valence-electron chi connectivity index (χ4n) is 1.10. The van der Waals surface area contributed by atoms with E-state index in [0.717, 1.165) is 24.3 Å². The van der Waals surface area contributed by atoms with Crippen LogP contribution in [0.25, 0.3) is 0 Å². The van der Waals surface area contributed by atoms with Gasteiger partial charge in [0, 0.05) is 5.56 Å². The summed E-state index contributed by atoms with van der Waals surface area (Å²) in [7, 11) is 0. The molecule has 1 aromatic rings. The van der Waals surface area contributed by atoms with Crippen LogP contribution in [0.5, 0.6) is 0 Å². The minimum Gasteiger partial charge on any atom is -0.227 e. The quantitative estimate of drug-likeness (QED) is 0.686. The molecule has 0 aliphatic heterocycles. The van der Waals surface area contributed by atoms with Crippen LogP contribution in [0.15, 0.2) is 30.3 Å². The molecule has 0 radical (unpaired) electrons. The molecule has 0 bridgehead atoms. The zero-order valence-corrected chi connectivity index (χ0v) is 8.15. The summed E-state index contributed by atoms with van der Waals surface area (Å²) in [5.41, 5.74) is -5.60. The maximum Gasteiger partial charge on any atom is 0.428 e. The molecule has 0 N–H and O–H groups in total. The molecular weight excluding hydrogens is 234 g/mol. The number of halogens is 6. The normalized spacial score (nSPS) is 16.9. The highest BCUT2D eigenvalue weighted by molar-refractivity contribution is 5.24. The van der Waals surface area contributed by atoms with Crippen molar-refractivity contribution in [3.05, 3.63) is 35.9 Å². The van der Waals surface area contributed by atoms with Gasteiger partial charge in [-0.3, -0.25) is 0 Å². The first kappa shape index (κ1) is 12.9. The molecule has 0 amide bonds. The van der Waals surface area contributed by atoms with E-state index in [9.17, 15) is 26.3 Å². The van der Waals surface area contributed by atoms with Crippen molar-refractivity contribution in [2.24, 2.45) is 0 Å². The predicted molar refractivity (Wildman–Crippen MR) is 45.9 cm³/mol. The molecule has 0 saturated carbocycles. The number of alkyl halides is 6. The van der Waals surface area contributed by atoms with Crippen molar-refractivity contribution >= 4 is 0 Å². The van der Waals surface area contributed by atoms with Crippen molar-refractivity contribution in [1.82, 2.24) is 0 Å². The van der Waals surface area contributed by atoms with Crippen molar-refractivity contribution in [3.63, 3.8) is 0 Å². The van der Waals surface area contributed by atoms with Crippen LogP contribution in [0, 0.1) is 0 Å². The molecule has 0 aromatic heterocycles. The van der Waals surface area contributed by atoms with E-state index in [4.69, 9.17) is 0 Å². The summed E-state index contributed by atoms with van der Waals surface area (Å²) in [5.74, 6) is -4.62. The molecule has 1 atom stereocenters. The third kappa shape index (κ3) is 1.88. The summed E-state index contributed by atoms with van der Waals surface area (Å²) in [4.78, 5) is 0. The second-order valence-electron chi connectivity index (χ2n) is 3.44. The topological polar surface area (TPSA) is 0 Å². The first-order chi connectivity index (χ1) is 7.11. The first-order valence-corrected chi connectivity index (χ1v) is 4.29. The zero-order valence-electron chi connectivity index (χ0n) is 8.15. The van der Waals surface area contributed by atoms with Crippen molar-refractivity contribution in [2.45, 2.75) is 24.7 Å². The fraction of sp³-hybridized carbons (Fsp3) is 0.400. The number of hydrogen-bond acceptors (Lipinski definition) is 0. The van der Waals surface area contributed by atoms with Gasteiger partial charge < -0.3 is 0 Å². The highest BCUT2D eigenvalue weighted by atomic mass is 19.4. The van der Waals surface area contributed by atoms with Crippen LogP contribution in [0.1, 0.15) is 12.5 Å². The Hall–Kier alpha value is -1.20. The van der Waals surface area contributed by atoms with Crippen LogP contribution in [-0.4, -0.2) is 11.8 Å². The van der Waals surface area contributed by atoms with E-state index < -0.39 is 23.3 Å². The molecule has 90 valence electrons. The van der Waals surface area contributed by atoms with E-state index >= 15 is 0 Å². The first-order valence-electron chi connectivity index (χ1n) is 4.29. The minimum atomic E-state index is -5.63. The molecule has 0 aliphatic carbocycles. The largest absolute Gasteiger partial charge is 0.428 e. The SMILES string of the molecule is CC(F)(C(F)(F)F)C(F)(F)c1ccccc1. The highest BCUT2D eigenvalue weighted by Crippen LogP contribution is 2.50. The number of rotatable bonds is 2. The maximum atomic E-state index is 13.3. The van der Waals surface area contributed by atoms with Crippen LogP contribution >= 0.6 is 0 Å². The summed E-state index contributed by atoms with van der Waals surface area (Å²) < 4.78 is 76.3. The van der Waals surface area contributed by atoms with E-state index in [1.165, 1.54) is 6.07 Å².